The Kier molecular flexibility index (Phi) is 2.66. The topological polar surface area (TPSA) is 94.6 Å². The largest absolute Gasteiger partial charge is 0.345 e. The van der Waals surface area contributed by atoms with Crippen LogP contribution in [0.4, 0.5) is 5.95 Å². The average molecular weight is 243 g/mol. The van der Waals surface area contributed by atoms with Crippen molar-refractivity contribution in [3.8, 4) is 5.69 Å². The SMILES string of the molecule is c1ccc(-n2nnnc2NCc2ncon2)cc1. The van der Waals surface area contributed by atoms with Gasteiger partial charge in [0, 0.05) is 0 Å². The van der Waals surface area contributed by atoms with Gasteiger partial charge in [-0.05, 0) is 22.6 Å². The van der Waals surface area contributed by atoms with Gasteiger partial charge in [0.25, 0.3) is 0 Å². The van der Waals surface area contributed by atoms with Crippen molar-refractivity contribution in [3.63, 3.8) is 0 Å². The van der Waals surface area contributed by atoms with E-state index in [1.165, 1.54) is 6.39 Å². The molecule has 0 atom stereocenters. The molecule has 0 radical (unpaired) electrons. The molecule has 1 N–H and O–H groups in total. The van der Waals surface area contributed by atoms with Gasteiger partial charge in [0.15, 0.2) is 5.82 Å². The summed E-state index contributed by atoms with van der Waals surface area (Å²) in [6.45, 7) is 0.393. The minimum absolute atomic E-state index is 0.393. The summed E-state index contributed by atoms with van der Waals surface area (Å²) in [4.78, 5) is 3.90. The molecule has 0 saturated carbocycles. The molecule has 0 saturated heterocycles. The Hall–Kier alpha value is -2.77. The van der Waals surface area contributed by atoms with E-state index in [-0.39, 0.29) is 0 Å². The van der Waals surface area contributed by atoms with E-state index in [0.717, 1.165) is 5.69 Å². The molecule has 0 aliphatic heterocycles. The molecule has 8 heteroatoms. The minimum Gasteiger partial charge on any atom is -0.345 e. The van der Waals surface area contributed by atoms with E-state index in [9.17, 15) is 0 Å². The summed E-state index contributed by atoms with van der Waals surface area (Å²) in [6, 6.07) is 9.59. The first-order chi connectivity index (χ1) is 8.93. The predicted molar refractivity (Wildman–Crippen MR) is 60.8 cm³/mol. The Morgan fingerprint density at radius 1 is 1.22 bits per heavy atom. The maximum Gasteiger partial charge on any atom is 0.248 e. The highest BCUT2D eigenvalue weighted by molar-refractivity contribution is 5.38. The van der Waals surface area contributed by atoms with Gasteiger partial charge >= 0.3 is 0 Å². The molecule has 8 nitrogen and oxygen atoms in total. The van der Waals surface area contributed by atoms with Gasteiger partial charge < -0.3 is 9.84 Å². The van der Waals surface area contributed by atoms with Crippen molar-refractivity contribution in [1.82, 2.24) is 30.3 Å². The minimum atomic E-state index is 0.393. The lowest BCUT2D eigenvalue weighted by Gasteiger charge is -2.04. The molecule has 0 aliphatic carbocycles. The van der Waals surface area contributed by atoms with Crippen LogP contribution in [0.2, 0.25) is 0 Å². The van der Waals surface area contributed by atoms with Crippen LogP contribution in [-0.4, -0.2) is 30.3 Å². The van der Waals surface area contributed by atoms with Crippen LogP contribution in [0.1, 0.15) is 5.82 Å². The number of anilines is 1. The lowest BCUT2D eigenvalue weighted by atomic mass is 10.3. The zero-order valence-electron chi connectivity index (χ0n) is 9.26. The summed E-state index contributed by atoms with van der Waals surface area (Å²) in [5, 5.41) is 18.2. The first-order valence-electron chi connectivity index (χ1n) is 5.26. The quantitative estimate of drug-likeness (QED) is 0.719. The number of nitrogens with zero attached hydrogens (tertiary/aromatic N) is 6. The first-order valence-corrected chi connectivity index (χ1v) is 5.26. The van der Waals surface area contributed by atoms with E-state index in [2.05, 4.69) is 35.5 Å². The van der Waals surface area contributed by atoms with Crippen molar-refractivity contribution < 1.29 is 4.52 Å². The number of nitrogens with one attached hydrogen (secondary N) is 1. The zero-order valence-corrected chi connectivity index (χ0v) is 9.26. The van der Waals surface area contributed by atoms with Crippen LogP contribution < -0.4 is 5.32 Å². The summed E-state index contributed by atoms with van der Waals surface area (Å²) < 4.78 is 6.24. The Bertz CT molecular complexity index is 604. The van der Waals surface area contributed by atoms with Gasteiger partial charge in [0.2, 0.25) is 12.3 Å². The number of para-hydroxylation sites is 1. The standard InChI is InChI=1S/C10H9N7O/c1-2-4-8(5-3-1)17-10(13-15-16-17)11-6-9-12-7-18-14-9/h1-5,7H,6H2,(H,11,13,16). The van der Waals surface area contributed by atoms with Gasteiger partial charge in [-0.25, -0.2) is 0 Å². The zero-order chi connectivity index (χ0) is 12.2. The van der Waals surface area contributed by atoms with Crippen LogP contribution in [0, 0.1) is 0 Å². The monoisotopic (exact) mass is 243 g/mol. The molecule has 0 spiro atoms. The van der Waals surface area contributed by atoms with Gasteiger partial charge in [-0.1, -0.05) is 28.5 Å². The van der Waals surface area contributed by atoms with Gasteiger partial charge in [-0.2, -0.15) is 9.67 Å². The van der Waals surface area contributed by atoms with Crippen molar-refractivity contribution in [2.45, 2.75) is 6.54 Å². The van der Waals surface area contributed by atoms with Crippen molar-refractivity contribution in [1.29, 1.82) is 0 Å². The maximum absolute atomic E-state index is 4.64. The fourth-order valence-corrected chi connectivity index (χ4v) is 1.47. The third-order valence-electron chi connectivity index (χ3n) is 2.28. The van der Waals surface area contributed by atoms with Crippen LogP contribution in [0.5, 0.6) is 0 Å². The summed E-state index contributed by atoms with van der Waals surface area (Å²) in [6.07, 6.45) is 1.27. The van der Waals surface area contributed by atoms with Crippen LogP contribution in [-0.2, 0) is 6.54 Å². The van der Waals surface area contributed by atoms with E-state index in [4.69, 9.17) is 0 Å². The van der Waals surface area contributed by atoms with Crippen LogP contribution in [0.25, 0.3) is 5.69 Å². The van der Waals surface area contributed by atoms with Gasteiger partial charge in [-0.3, -0.25) is 0 Å². The van der Waals surface area contributed by atoms with Crippen molar-refractivity contribution >= 4 is 5.95 Å². The number of hydrogen-bond donors (Lipinski definition) is 1. The van der Waals surface area contributed by atoms with Gasteiger partial charge in [-0.15, -0.1) is 0 Å². The van der Waals surface area contributed by atoms with E-state index in [1.807, 2.05) is 30.3 Å². The van der Waals surface area contributed by atoms with Crippen molar-refractivity contribution in [2.75, 3.05) is 5.32 Å². The van der Waals surface area contributed by atoms with Crippen LogP contribution in [0.3, 0.4) is 0 Å². The molecule has 90 valence electrons. The molecule has 0 bridgehead atoms. The molecule has 3 aromatic rings. The maximum atomic E-state index is 4.64. The molecular weight excluding hydrogens is 234 g/mol. The molecule has 18 heavy (non-hydrogen) atoms. The second-order valence-corrected chi connectivity index (χ2v) is 3.45. The number of benzene rings is 1. The number of hydrogen-bond acceptors (Lipinski definition) is 7. The van der Waals surface area contributed by atoms with Gasteiger partial charge in [0.05, 0.1) is 12.2 Å². The highest BCUT2D eigenvalue weighted by Crippen LogP contribution is 2.10. The summed E-state index contributed by atoms with van der Waals surface area (Å²) in [7, 11) is 0. The molecule has 2 aromatic heterocycles. The van der Waals surface area contributed by atoms with Crippen molar-refractivity contribution in [3.05, 3.63) is 42.5 Å². The fraction of sp³-hybridized carbons (Fsp3) is 0.100. The fourth-order valence-electron chi connectivity index (χ4n) is 1.47. The molecule has 0 aliphatic rings. The lowest BCUT2D eigenvalue weighted by Crippen LogP contribution is -2.08. The Morgan fingerprint density at radius 3 is 2.89 bits per heavy atom. The molecule has 0 fully saturated rings. The number of rotatable bonds is 4. The number of aromatic nitrogens is 6. The van der Waals surface area contributed by atoms with Gasteiger partial charge in [0.1, 0.15) is 0 Å². The lowest BCUT2D eigenvalue weighted by molar-refractivity contribution is 0.411. The van der Waals surface area contributed by atoms with Crippen LogP contribution >= 0.6 is 0 Å². The first kappa shape index (κ1) is 10.4. The average Bonchev–Trinajstić information content (AvgIpc) is 3.09. The second kappa shape index (κ2) is 4.62. The highest BCUT2D eigenvalue weighted by atomic mass is 16.5. The predicted octanol–water partition coefficient (Wildman–Crippen LogP) is 0.657. The second-order valence-electron chi connectivity index (χ2n) is 3.45. The molecule has 0 amide bonds. The normalized spacial score (nSPS) is 10.4. The Morgan fingerprint density at radius 2 is 2.11 bits per heavy atom. The molecule has 2 heterocycles. The summed E-state index contributed by atoms with van der Waals surface area (Å²) in [5.74, 6) is 1.06. The molecule has 0 unspecified atom stereocenters. The van der Waals surface area contributed by atoms with Crippen molar-refractivity contribution in [2.24, 2.45) is 0 Å². The summed E-state index contributed by atoms with van der Waals surface area (Å²) >= 11 is 0. The van der Waals surface area contributed by atoms with Crippen LogP contribution in [0.15, 0.2) is 41.2 Å². The third-order valence-corrected chi connectivity index (χ3v) is 2.28. The molecular formula is C10H9N7O. The molecule has 3 rings (SSSR count). The smallest absolute Gasteiger partial charge is 0.248 e. The number of tetrazole rings is 1. The third kappa shape index (κ3) is 2.03. The van der Waals surface area contributed by atoms with E-state index in [0.29, 0.717) is 18.3 Å². The van der Waals surface area contributed by atoms with E-state index < -0.39 is 0 Å². The highest BCUT2D eigenvalue weighted by Gasteiger charge is 2.08. The summed E-state index contributed by atoms with van der Waals surface area (Å²) in [5.41, 5.74) is 0.873. The molecule has 1 aromatic carbocycles. The van der Waals surface area contributed by atoms with E-state index in [1.54, 1.807) is 4.68 Å². The Balaban J connectivity index is 1.80. The Labute approximate surface area is 102 Å². The van der Waals surface area contributed by atoms with E-state index >= 15 is 0 Å².